The molecule has 0 bridgehead atoms. The van der Waals surface area contributed by atoms with Crippen molar-refractivity contribution in [3.05, 3.63) is 83.8 Å². The summed E-state index contributed by atoms with van der Waals surface area (Å²) in [5.74, 6) is 0.879. The van der Waals surface area contributed by atoms with Crippen molar-refractivity contribution in [1.29, 1.82) is 0 Å². The van der Waals surface area contributed by atoms with Crippen molar-refractivity contribution in [2.75, 3.05) is 11.1 Å². The van der Waals surface area contributed by atoms with Gasteiger partial charge in [-0.2, -0.15) is 5.10 Å². The van der Waals surface area contributed by atoms with E-state index in [2.05, 4.69) is 15.3 Å². The molecule has 0 saturated heterocycles. The molecule has 0 radical (unpaired) electrons. The largest absolute Gasteiger partial charge is 0.310 e. The van der Waals surface area contributed by atoms with Gasteiger partial charge in [-0.15, -0.1) is 0 Å². The first-order valence-electron chi connectivity index (χ1n) is 10.4. The van der Waals surface area contributed by atoms with Crippen LogP contribution in [0.5, 0.6) is 0 Å². The van der Waals surface area contributed by atoms with E-state index in [0.29, 0.717) is 27.9 Å². The second-order valence-corrected chi connectivity index (χ2v) is 8.42. The second kappa shape index (κ2) is 9.79. The van der Waals surface area contributed by atoms with Crippen molar-refractivity contribution in [2.45, 2.75) is 25.8 Å². The number of carbonyl (C=O) groups excluding carboxylic acids is 2. The van der Waals surface area contributed by atoms with E-state index in [1.54, 1.807) is 18.5 Å². The van der Waals surface area contributed by atoms with Gasteiger partial charge in [0.25, 0.3) is 0 Å². The minimum Gasteiger partial charge on any atom is -0.310 e. The van der Waals surface area contributed by atoms with Crippen molar-refractivity contribution >= 4 is 29.3 Å². The maximum Gasteiger partial charge on any atom is 0.235 e. The van der Waals surface area contributed by atoms with Gasteiger partial charge in [-0.05, 0) is 32.9 Å². The summed E-state index contributed by atoms with van der Waals surface area (Å²) in [5.41, 5.74) is 3.62. The molecular weight excluding hydrogens is 434 g/mol. The highest BCUT2D eigenvalue weighted by molar-refractivity contribution is 8.00. The first-order valence-corrected chi connectivity index (χ1v) is 11.4. The molecule has 0 fully saturated rings. The maximum atomic E-state index is 12.9. The number of aromatic nitrogens is 4. The molecule has 1 N–H and O–H groups in total. The molecule has 2 heterocycles. The van der Waals surface area contributed by atoms with E-state index in [1.807, 2.05) is 66.7 Å². The van der Waals surface area contributed by atoms with Crippen LogP contribution in [-0.4, -0.2) is 37.2 Å². The van der Waals surface area contributed by atoms with Crippen LogP contribution in [0.15, 0.2) is 71.8 Å². The van der Waals surface area contributed by atoms with Crippen molar-refractivity contribution < 1.29 is 9.59 Å². The van der Waals surface area contributed by atoms with Gasteiger partial charge in [0.15, 0.2) is 5.78 Å². The number of carbonyl (C=O) groups is 2. The Hall–Kier alpha value is -3.78. The van der Waals surface area contributed by atoms with E-state index >= 15 is 0 Å². The summed E-state index contributed by atoms with van der Waals surface area (Å²) in [4.78, 5) is 33.6. The molecule has 0 spiro atoms. The van der Waals surface area contributed by atoms with Gasteiger partial charge >= 0.3 is 0 Å². The number of thioether (sulfide) groups is 1. The number of anilines is 1. The molecule has 4 rings (SSSR count). The minimum atomic E-state index is -0.222. The van der Waals surface area contributed by atoms with Gasteiger partial charge < -0.3 is 5.32 Å². The highest BCUT2D eigenvalue weighted by Crippen LogP contribution is 2.26. The number of benzene rings is 2. The Balaban J connectivity index is 1.58. The van der Waals surface area contributed by atoms with Crippen molar-refractivity contribution in [3.8, 4) is 16.9 Å². The lowest BCUT2D eigenvalue weighted by Crippen LogP contribution is -2.17. The molecule has 0 aliphatic rings. The summed E-state index contributed by atoms with van der Waals surface area (Å²) >= 11 is 1.22. The monoisotopic (exact) mass is 457 g/mol. The van der Waals surface area contributed by atoms with Crippen LogP contribution < -0.4 is 5.32 Å². The fourth-order valence-electron chi connectivity index (χ4n) is 3.49. The molecule has 0 atom stereocenters. The van der Waals surface area contributed by atoms with Gasteiger partial charge in [-0.25, -0.2) is 14.6 Å². The number of nitrogens with one attached hydrogen (secondary N) is 1. The Bertz CT molecular complexity index is 1300. The lowest BCUT2D eigenvalue weighted by molar-refractivity contribution is -0.113. The van der Waals surface area contributed by atoms with Gasteiger partial charge in [0, 0.05) is 11.6 Å². The number of hydrogen-bond donors (Lipinski definition) is 1. The zero-order chi connectivity index (χ0) is 23.4. The molecule has 1 amide bonds. The highest BCUT2D eigenvalue weighted by Gasteiger charge is 2.18. The summed E-state index contributed by atoms with van der Waals surface area (Å²) in [7, 11) is 0. The second-order valence-electron chi connectivity index (χ2n) is 7.46. The van der Waals surface area contributed by atoms with Crippen molar-refractivity contribution in [3.63, 3.8) is 0 Å². The molecule has 8 heteroatoms. The van der Waals surface area contributed by atoms with Crippen LogP contribution in [0, 0.1) is 13.8 Å². The molecule has 7 nitrogen and oxygen atoms in total. The molecule has 2 aromatic carbocycles. The third-order valence-electron chi connectivity index (χ3n) is 4.91. The number of hydrogen-bond acceptors (Lipinski definition) is 6. The van der Waals surface area contributed by atoms with Crippen LogP contribution in [0.4, 0.5) is 5.82 Å². The van der Waals surface area contributed by atoms with Crippen molar-refractivity contribution in [1.82, 2.24) is 19.7 Å². The Kier molecular flexibility index (Phi) is 6.65. The quantitative estimate of drug-likeness (QED) is 0.242. The number of aryl methyl sites for hydroxylation is 2. The summed E-state index contributed by atoms with van der Waals surface area (Å²) in [6.45, 7) is 5.03. The lowest BCUT2D eigenvalue weighted by atomic mass is 10.2. The third kappa shape index (κ3) is 5.18. The third-order valence-corrected chi connectivity index (χ3v) is 5.88. The summed E-state index contributed by atoms with van der Waals surface area (Å²) in [6, 6.07) is 21.3. The fraction of sp³-hybridized carbons (Fsp3) is 0.160. The Morgan fingerprint density at radius 2 is 1.64 bits per heavy atom. The molecule has 0 unspecified atom stereocenters. The topological polar surface area (TPSA) is 89.8 Å². The number of para-hydroxylation sites is 1. The van der Waals surface area contributed by atoms with Crippen molar-refractivity contribution in [2.24, 2.45) is 0 Å². The van der Waals surface area contributed by atoms with E-state index in [4.69, 9.17) is 5.10 Å². The predicted octanol–water partition coefficient (Wildman–Crippen LogP) is 4.88. The molecule has 0 aliphatic carbocycles. The maximum absolute atomic E-state index is 12.9. The predicted molar refractivity (Wildman–Crippen MR) is 130 cm³/mol. The average Bonchev–Trinajstić information content (AvgIpc) is 3.22. The molecule has 2 aromatic heterocycles. The normalized spacial score (nSPS) is 10.8. The average molecular weight is 458 g/mol. The molecule has 0 saturated carbocycles. The van der Waals surface area contributed by atoms with Crippen LogP contribution in [-0.2, 0) is 4.79 Å². The number of Topliss-reactive ketones (excluding diaryl/α,β-unsaturated/α-hetero) is 1. The zero-order valence-corrected chi connectivity index (χ0v) is 19.4. The minimum absolute atomic E-state index is 0.0941. The lowest BCUT2D eigenvalue weighted by Gasteiger charge is -2.11. The van der Waals surface area contributed by atoms with Crippen LogP contribution >= 0.6 is 11.8 Å². The summed E-state index contributed by atoms with van der Waals surface area (Å²) in [6.07, 6.45) is 0. The smallest absolute Gasteiger partial charge is 0.235 e. The van der Waals surface area contributed by atoms with Crippen LogP contribution in [0.1, 0.15) is 28.8 Å². The van der Waals surface area contributed by atoms with E-state index in [9.17, 15) is 9.59 Å². The van der Waals surface area contributed by atoms with Gasteiger partial charge in [0.05, 0.1) is 28.4 Å². The van der Waals surface area contributed by atoms with Gasteiger partial charge in [0.1, 0.15) is 16.7 Å². The standard InChI is InChI=1S/C25H23N5O2S/c1-16-24(17(2)31)25(27-18(3)26-16)33-15-23(32)28-22-14-21(19-10-6-4-7-11-19)29-30(22)20-12-8-5-9-13-20/h4-14H,15H2,1-3H3,(H,28,32). The molecule has 0 aliphatic heterocycles. The number of ketones is 1. The summed E-state index contributed by atoms with van der Waals surface area (Å²) < 4.78 is 1.71. The first-order chi connectivity index (χ1) is 15.9. The van der Waals surface area contributed by atoms with Gasteiger partial charge in [-0.1, -0.05) is 60.3 Å². The summed E-state index contributed by atoms with van der Waals surface area (Å²) in [5, 5.41) is 8.19. The van der Waals surface area contributed by atoms with Crippen LogP contribution in [0.2, 0.25) is 0 Å². The Morgan fingerprint density at radius 1 is 0.970 bits per heavy atom. The highest BCUT2D eigenvalue weighted by atomic mass is 32.2. The van der Waals surface area contributed by atoms with E-state index in [-0.39, 0.29) is 17.4 Å². The Labute approximate surface area is 196 Å². The van der Waals surface area contributed by atoms with E-state index < -0.39 is 0 Å². The zero-order valence-electron chi connectivity index (χ0n) is 18.6. The van der Waals surface area contributed by atoms with Crippen LogP contribution in [0.25, 0.3) is 16.9 Å². The molecule has 166 valence electrons. The molecule has 4 aromatic rings. The van der Waals surface area contributed by atoms with Gasteiger partial charge in [-0.3, -0.25) is 9.59 Å². The number of amides is 1. The Morgan fingerprint density at radius 3 is 2.30 bits per heavy atom. The van der Waals surface area contributed by atoms with Crippen LogP contribution in [0.3, 0.4) is 0 Å². The number of rotatable bonds is 7. The first kappa shape index (κ1) is 22.4. The number of nitrogens with zero attached hydrogens (tertiary/aromatic N) is 4. The van der Waals surface area contributed by atoms with Gasteiger partial charge in [0.2, 0.25) is 5.91 Å². The van der Waals surface area contributed by atoms with E-state index in [1.165, 1.54) is 18.7 Å². The molecular formula is C25H23N5O2S. The SMILES string of the molecule is CC(=O)c1c(C)nc(C)nc1SCC(=O)Nc1cc(-c2ccccc2)nn1-c1ccccc1. The molecule has 33 heavy (non-hydrogen) atoms. The van der Waals surface area contributed by atoms with E-state index in [0.717, 1.165) is 16.9 Å². The fourth-order valence-corrected chi connectivity index (χ4v) is 4.46.